The minimum absolute atomic E-state index is 0.0507. The van der Waals surface area contributed by atoms with E-state index in [0.29, 0.717) is 15.9 Å². The summed E-state index contributed by atoms with van der Waals surface area (Å²) >= 11 is 7.42. The van der Waals surface area contributed by atoms with Gasteiger partial charge in [0.2, 0.25) is 0 Å². The fraction of sp³-hybridized carbons (Fsp3) is 0.150. The highest BCUT2D eigenvalue weighted by Crippen LogP contribution is 2.39. The molecule has 0 aliphatic rings. The molecule has 2 aromatic carbocycles. The number of carbonyl (C=O) groups is 1. The highest BCUT2D eigenvalue weighted by atomic mass is 35.5. The van der Waals surface area contributed by atoms with Gasteiger partial charge >= 0.3 is 5.97 Å². The van der Waals surface area contributed by atoms with Crippen LogP contribution in [0.15, 0.2) is 70.6 Å². The first-order valence-electron chi connectivity index (χ1n) is 8.19. The zero-order valence-corrected chi connectivity index (χ0v) is 16.1. The number of ether oxygens (including phenoxy) is 1. The van der Waals surface area contributed by atoms with Crippen molar-refractivity contribution in [3.05, 3.63) is 92.9 Å². The second kappa shape index (κ2) is 8.88. The predicted octanol–water partition coefficient (Wildman–Crippen LogP) is 4.02. The van der Waals surface area contributed by atoms with E-state index in [1.807, 2.05) is 54.6 Å². The second-order valence-electron chi connectivity index (χ2n) is 5.75. The molecular weight excluding hydrogens is 384 g/mol. The van der Waals surface area contributed by atoms with Crippen molar-refractivity contribution in [2.24, 2.45) is 0 Å². The first kappa shape index (κ1) is 19.2. The zero-order valence-electron chi connectivity index (χ0n) is 14.5. The van der Waals surface area contributed by atoms with Crippen molar-refractivity contribution in [3.63, 3.8) is 0 Å². The molecule has 138 valence electrons. The lowest BCUT2D eigenvalue weighted by molar-refractivity contribution is -0.139. The number of rotatable bonds is 6. The van der Waals surface area contributed by atoms with E-state index in [9.17, 15) is 9.59 Å². The molecule has 0 fully saturated rings. The van der Waals surface area contributed by atoms with E-state index in [1.54, 1.807) is 0 Å². The minimum atomic E-state index is -0.443. The fourth-order valence-corrected chi connectivity index (χ4v) is 3.82. The lowest BCUT2D eigenvalue weighted by atomic mass is 10.0. The first-order chi connectivity index (χ1) is 13.0. The number of benzene rings is 2. The number of esters is 1. The third-order valence-corrected chi connectivity index (χ3v) is 5.28. The second-order valence-corrected chi connectivity index (χ2v) is 7.29. The number of nitrogens with one attached hydrogen (secondary N) is 1. The number of aromatic amines is 1. The molecule has 0 radical (unpaired) electrons. The molecule has 0 saturated heterocycles. The van der Waals surface area contributed by atoms with Gasteiger partial charge in [0, 0.05) is 11.1 Å². The predicted molar refractivity (Wildman–Crippen MR) is 106 cm³/mol. The molecule has 0 aliphatic carbocycles. The van der Waals surface area contributed by atoms with Crippen LogP contribution in [0.1, 0.15) is 22.1 Å². The van der Waals surface area contributed by atoms with Crippen LogP contribution in [0.25, 0.3) is 0 Å². The quantitative estimate of drug-likeness (QED) is 0.384. The van der Waals surface area contributed by atoms with Gasteiger partial charge in [-0.3, -0.25) is 9.59 Å². The van der Waals surface area contributed by atoms with Crippen LogP contribution in [0.5, 0.6) is 0 Å². The molecule has 3 rings (SSSR count). The molecule has 0 unspecified atom stereocenters. The highest BCUT2D eigenvalue weighted by Gasteiger charge is 2.18. The number of H-pyrrole nitrogens is 1. The largest absolute Gasteiger partial charge is 0.469 e. The van der Waals surface area contributed by atoms with Gasteiger partial charge in [-0.25, -0.2) is 4.98 Å². The van der Waals surface area contributed by atoms with Gasteiger partial charge < -0.3 is 9.72 Å². The van der Waals surface area contributed by atoms with E-state index in [1.165, 1.54) is 24.9 Å². The number of halogens is 1. The van der Waals surface area contributed by atoms with Crippen LogP contribution in [-0.2, 0) is 16.0 Å². The van der Waals surface area contributed by atoms with Crippen molar-refractivity contribution < 1.29 is 9.53 Å². The molecule has 1 N–H and O–H groups in total. The molecule has 27 heavy (non-hydrogen) atoms. The maximum absolute atomic E-state index is 12.0. The van der Waals surface area contributed by atoms with E-state index in [2.05, 4.69) is 14.7 Å². The zero-order chi connectivity index (χ0) is 19.2. The summed E-state index contributed by atoms with van der Waals surface area (Å²) in [5.74, 6) is -0.443. The van der Waals surface area contributed by atoms with Gasteiger partial charge in [-0.1, -0.05) is 65.8 Å². The minimum Gasteiger partial charge on any atom is -0.469 e. The summed E-state index contributed by atoms with van der Waals surface area (Å²) in [5.41, 5.74) is 2.15. The van der Waals surface area contributed by atoms with Crippen LogP contribution >= 0.6 is 23.4 Å². The summed E-state index contributed by atoms with van der Waals surface area (Å²) in [6.07, 6.45) is -0.0507. The summed E-state index contributed by atoms with van der Waals surface area (Å²) in [5, 5.41) is 0.993. The van der Waals surface area contributed by atoms with E-state index in [0.717, 1.165) is 11.1 Å². The standard InChI is InChI=1S/C20H17ClN2O3S/c1-26-18(25)12-16-11-17(24)23-20(22-16)27-19(13-5-3-2-4-6-13)14-7-9-15(21)10-8-14/h2-11,19H,12H2,1H3,(H,22,23,24)/t19-/m1/s1. The molecule has 1 heterocycles. The Morgan fingerprint density at radius 1 is 1.15 bits per heavy atom. The van der Waals surface area contributed by atoms with Crippen LogP contribution < -0.4 is 5.56 Å². The molecule has 1 aromatic heterocycles. The van der Waals surface area contributed by atoms with Gasteiger partial charge in [0.1, 0.15) is 0 Å². The summed E-state index contributed by atoms with van der Waals surface area (Å²) in [4.78, 5) is 30.7. The Morgan fingerprint density at radius 2 is 1.81 bits per heavy atom. The third kappa shape index (κ3) is 5.21. The molecule has 0 amide bonds. The number of nitrogens with zero attached hydrogens (tertiary/aromatic N) is 1. The summed E-state index contributed by atoms with van der Waals surface area (Å²) < 4.78 is 4.65. The van der Waals surface area contributed by atoms with Crippen molar-refractivity contribution in [2.75, 3.05) is 7.11 Å². The van der Waals surface area contributed by atoms with Gasteiger partial charge in [-0.05, 0) is 23.3 Å². The fourth-order valence-electron chi connectivity index (χ4n) is 2.56. The number of thioether (sulfide) groups is 1. The Balaban J connectivity index is 1.96. The molecule has 0 saturated carbocycles. The van der Waals surface area contributed by atoms with Crippen LogP contribution in [-0.4, -0.2) is 23.0 Å². The highest BCUT2D eigenvalue weighted by molar-refractivity contribution is 7.99. The number of aromatic nitrogens is 2. The molecule has 0 bridgehead atoms. The Labute approximate surface area is 165 Å². The maximum atomic E-state index is 12.0. The van der Waals surface area contributed by atoms with Crippen molar-refractivity contribution in [2.45, 2.75) is 16.8 Å². The lowest BCUT2D eigenvalue weighted by Crippen LogP contribution is -2.14. The normalized spacial score (nSPS) is 11.8. The van der Waals surface area contributed by atoms with E-state index in [-0.39, 0.29) is 17.2 Å². The Kier molecular flexibility index (Phi) is 6.32. The van der Waals surface area contributed by atoms with Crippen LogP contribution in [0.3, 0.4) is 0 Å². The Morgan fingerprint density at radius 3 is 2.48 bits per heavy atom. The maximum Gasteiger partial charge on any atom is 0.311 e. The van der Waals surface area contributed by atoms with Crippen molar-refractivity contribution in [3.8, 4) is 0 Å². The molecule has 0 spiro atoms. The summed E-state index contributed by atoms with van der Waals surface area (Å²) in [6, 6.07) is 18.8. The van der Waals surface area contributed by atoms with Crippen molar-refractivity contribution in [1.82, 2.24) is 9.97 Å². The monoisotopic (exact) mass is 400 g/mol. The third-order valence-electron chi connectivity index (χ3n) is 3.83. The SMILES string of the molecule is COC(=O)Cc1cc(=O)[nH]c(S[C@H](c2ccccc2)c2ccc(Cl)cc2)n1. The summed E-state index contributed by atoms with van der Waals surface area (Å²) in [6.45, 7) is 0. The van der Waals surface area contributed by atoms with Gasteiger partial charge in [0.15, 0.2) is 5.16 Å². The Bertz CT molecular complexity index is 975. The number of methoxy groups -OCH3 is 1. The average Bonchev–Trinajstić information content (AvgIpc) is 2.67. The molecule has 5 nitrogen and oxygen atoms in total. The van der Waals surface area contributed by atoms with Gasteiger partial charge in [0.25, 0.3) is 5.56 Å². The smallest absolute Gasteiger partial charge is 0.311 e. The van der Waals surface area contributed by atoms with E-state index in [4.69, 9.17) is 11.6 Å². The molecular formula is C20H17ClN2O3S. The average molecular weight is 401 g/mol. The molecule has 1 atom stereocenters. The molecule has 3 aromatic rings. The van der Waals surface area contributed by atoms with Crippen LogP contribution in [0, 0.1) is 0 Å². The van der Waals surface area contributed by atoms with Gasteiger partial charge in [0.05, 0.1) is 24.5 Å². The summed E-state index contributed by atoms with van der Waals surface area (Å²) in [7, 11) is 1.30. The van der Waals surface area contributed by atoms with Crippen LogP contribution in [0.4, 0.5) is 0 Å². The lowest BCUT2D eigenvalue weighted by Gasteiger charge is -2.17. The van der Waals surface area contributed by atoms with Gasteiger partial charge in [-0.15, -0.1) is 0 Å². The van der Waals surface area contributed by atoms with Gasteiger partial charge in [-0.2, -0.15) is 0 Å². The van der Waals surface area contributed by atoms with Crippen molar-refractivity contribution >= 4 is 29.3 Å². The van der Waals surface area contributed by atoms with E-state index < -0.39 is 5.97 Å². The number of hydrogen-bond donors (Lipinski definition) is 1. The topological polar surface area (TPSA) is 72.1 Å². The first-order valence-corrected chi connectivity index (χ1v) is 9.45. The van der Waals surface area contributed by atoms with E-state index >= 15 is 0 Å². The number of carbonyl (C=O) groups excluding carboxylic acids is 1. The van der Waals surface area contributed by atoms with Crippen LogP contribution in [0.2, 0.25) is 5.02 Å². The number of hydrogen-bond acceptors (Lipinski definition) is 5. The molecule has 0 aliphatic heterocycles. The molecule has 7 heteroatoms. The van der Waals surface area contributed by atoms with Crippen molar-refractivity contribution in [1.29, 1.82) is 0 Å². The Hall–Kier alpha value is -2.57.